The van der Waals surface area contributed by atoms with Crippen LogP contribution in [0, 0.1) is 0 Å². The normalized spacial score (nSPS) is 14.4. The van der Waals surface area contributed by atoms with Gasteiger partial charge in [-0.2, -0.15) is 0 Å². The number of benzene rings is 2. The summed E-state index contributed by atoms with van der Waals surface area (Å²) in [5.74, 6) is -0.0541. The van der Waals surface area contributed by atoms with Gasteiger partial charge < -0.3 is 10.0 Å². The number of nitrogens with zero attached hydrogens (tertiary/aromatic N) is 2. The molecule has 1 aliphatic heterocycles. The molecule has 4 nitrogen and oxygen atoms in total. The van der Waals surface area contributed by atoms with Gasteiger partial charge in [0.15, 0.2) is 0 Å². The SMILES string of the molecule is O=C(O)/C=C/c1cc(N2CCCc3ccccc3C2)nc2ccccc12. The summed E-state index contributed by atoms with van der Waals surface area (Å²) < 4.78 is 0. The van der Waals surface area contributed by atoms with Gasteiger partial charge in [-0.15, -0.1) is 0 Å². The second kappa shape index (κ2) is 7.00. The van der Waals surface area contributed by atoms with Crippen LogP contribution < -0.4 is 4.90 Å². The Hall–Kier alpha value is -3.14. The van der Waals surface area contributed by atoms with Gasteiger partial charge in [0.25, 0.3) is 0 Å². The van der Waals surface area contributed by atoms with Gasteiger partial charge in [0.1, 0.15) is 5.82 Å². The lowest BCUT2D eigenvalue weighted by Crippen LogP contribution is -2.23. The highest BCUT2D eigenvalue weighted by Gasteiger charge is 2.16. The number of fused-ring (bicyclic) bond motifs is 2. The lowest BCUT2D eigenvalue weighted by atomic mass is 10.0. The van der Waals surface area contributed by atoms with Gasteiger partial charge in [0.05, 0.1) is 5.52 Å². The standard InChI is InChI=1S/C22H20N2O2/c25-22(26)12-11-17-14-21(23-20-10-4-3-9-19(17)20)24-13-5-8-16-6-1-2-7-18(16)15-24/h1-4,6-7,9-12,14H,5,8,13,15H2,(H,25,26)/b12-11+. The fourth-order valence-electron chi connectivity index (χ4n) is 3.54. The first-order chi connectivity index (χ1) is 12.7. The van der Waals surface area contributed by atoms with Crippen LogP contribution in [0.5, 0.6) is 0 Å². The van der Waals surface area contributed by atoms with Crippen molar-refractivity contribution in [2.24, 2.45) is 0 Å². The Kier molecular flexibility index (Phi) is 4.40. The van der Waals surface area contributed by atoms with Crippen molar-refractivity contribution in [2.45, 2.75) is 19.4 Å². The molecular formula is C22H20N2O2. The third-order valence-corrected chi connectivity index (χ3v) is 4.82. The predicted molar refractivity (Wildman–Crippen MR) is 104 cm³/mol. The maximum atomic E-state index is 11.0. The maximum absolute atomic E-state index is 11.0. The summed E-state index contributed by atoms with van der Waals surface area (Å²) in [5.41, 5.74) is 4.50. The van der Waals surface area contributed by atoms with Crippen molar-refractivity contribution in [1.29, 1.82) is 0 Å². The van der Waals surface area contributed by atoms with Crippen LogP contribution in [-0.2, 0) is 17.8 Å². The molecule has 0 saturated heterocycles. The molecule has 0 saturated carbocycles. The minimum Gasteiger partial charge on any atom is -0.478 e. The average Bonchev–Trinajstić information content (AvgIpc) is 2.88. The molecular weight excluding hydrogens is 324 g/mol. The van der Waals surface area contributed by atoms with Gasteiger partial charge in [-0.3, -0.25) is 0 Å². The topological polar surface area (TPSA) is 53.4 Å². The zero-order valence-corrected chi connectivity index (χ0v) is 14.4. The molecule has 1 aliphatic rings. The quantitative estimate of drug-likeness (QED) is 0.720. The highest BCUT2D eigenvalue weighted by molar-refractivity contribution is 5.93. The number of rotatable bonds is 3. The molecule has 1 aromatic heterocycles. The molecule has 3 aromatic rings. The zero-order valence-electron chi connectivity index (χ0n) is 14.4. The number of anilines is 1. The molecule has 1 N–H and O–H groups in total. The van der Waals surface area contributed by atoms with E-state index in [4.69, 9.17) is 10.1 Å². The smallest absolute Gasteiger partial charge is 0.328 e. The van der Waals surface area contributed by atoms with Crippen LogP contribution in [-0.4, -0.2) is 22.6 Å². The molecule has 0 amide bonds. The summed E-state index contributed by atoms with van der Waals surface area (Å²) in [7, 11) is 0. The van der Waals surface area contributed by atoms with Gasteiger partial charge in [-0.25, -0.2) is 9.78 Å². The number of carboxylic acid groups (broad SMARTS) is 1. The molecule has 0 spiro atoms. The van der Waals surface area contributed by atoms with E-state index in [1.54, 1.807) is 6.08 Å². The zero-order chi connectivity index (χ0) is 17.9. The Labute approximate surface area is 152 Å². The minimum atomic E-state index is -0.948. The van der Waals surface area contributed by atoms with Crippen LogP contribution in [0.2, 0.25) is 0 Å². The van der Waals surface area contributed by atoms with Gasteiger partial charge in [0, 0.05) is 24.6 Å². The van der Waals surface area contributed by atoms with Gasteiger partial charge in [-0.05, 0) is 47.7 Å². The minimum absolute atomic E-state index is 0.823. The molecule has 2 aromatic carbocycles. The average molecular weight is 344 g/mol. The van der Waals surface area contributed by atoms with Crippen LogP contribution in [0.25, 0.3) is 17.0 Å². The van der Waals surface area contributed by atoms with Crippen molar-refractivity contribution < 1.29 is 9.90 Å². The number of hydrogen-bond acceptors (Lipinski definition) is 3. The number of hydrogen-bond donors (Lipinski definition) is 1. The first kappa shape index (κ1) is 16.3. The van der Waals surface area contributed by atoms with Crippen LogP contribution in [0.3, 0.4) is 0 Å². The van der Waals surface area contributed by atoms with E-state index in [1.165, 1.54) is 17.2 Å². The molecule has 2 heterocycles. The van der Waals surface area contributed by atoms with Crippen molar-refractivity contribution in [3.8, 4) is 0 Å². The number of aryl methyl sites for hydroxylation is 1. The fraction of sp³-hybridized carbons (Fsp3) is 0.182. The summed E-state index contributed by atoms with van der Waals surface area (Å²) in [6, 6.07) is 18.4. The Bertz CT molecular complexity index is 994. The van der Waals surface area contributed by atoms with E-state index >= 15 is 0 Å². The number of aliphatic carboxylic acids is 1. The summed E-state index contributed by atoms with van der Waals surface area (Å²) in [5, 5.41) is 9.96. The number of aromatic nitrogens is 1. The second-order valence-corrected chi connectivity index (χ2v) is 6.55. The highest BCUT2D eigenvalue weighted by atomic mass is 16.4. The number of carbonyl (C=O) groups is 1. The van der Waals surface area contributed by atoms with E-state index in [0.717, 1.165) is 48.2 Å². The van der Waals surface area contributed by atoms with Crippen LogP contribution >= 0.6 is 0 Å². The molecule has 0 atom stereocenters. The van der Waals surface area contributed by atoms with E-state index in [2.05, 4.69) is 29.2 Å². The van der Waals surface area contributed by atoms with E-state index in [9.17, 15) is 4.79 Å². The van der Waals surface area contributed by atoms with Crippen molar-refractivity contribution >= 4 is 28.8 Å². The van der Waals surface area contributed by atoms with Crippen LogP contribution in [0.1, 0.15) is 23.1 Å². The lowest BCUT2D eigenvalue weighted by Gasteiger charge is -2.23. The number of pyridine rings is 1. The Morgan fingerprint density at radius 2 is 1.85 bits per heavy atom. The largest absolute Gasteiger partial charge is 0.478 e. The molecule has 130 valence electrons. The lowest BCUT2D eigenvalue weighted by molar-refractivity contribution is -0.131. The molecule has 26 heavy (non-hydrogen) atoms. The van der Waals surface area contributed by atoms with E-state index in [-0.39, 0.29) is 0 Å². The summed E-state index contributed by atoms with van der Waals surface area (Å²) in [4.78, 5) is 18.1. The molecule has 0 radical (unpaired) electrons. The second-order valence-electron chi connectivity index (χ2n) is 6.55. The Morgan fingerprint density at radius 1 is 1.08 bits per heavy atom. The fourth-order valence-corrected chi connectivity index (χ4v) is 3.54. The van der Waals surface area contributed by atoms with Gasteiger partial charge in [-0.1, -0.05) is 42.5 Å². The highest BCUT2D eigenvalue weighted by Crippen LogP contribution is 2.27. The first-order valence-corrected chi connectivity index (χ1v) is 8.83. The summed E-state index contributed by atoms with van der Waals surface area (Å²) in [6.45, 7) is 1.76. The van der Waals surface area contributed by atoms with Crippen molar-refractivity contribution in [2.75, 3.05) is 11.4 Å². The van der Waals surface area contributed by atoms with Crippen LogP contribution in [0.4, 0.5) is 5.82 Å². The Balaban J connectivity index is 1.78. The van der Waals surface area contributed by atoms with Gasteiger partial charge in [0.2, 0.25) is 0 Å². The molecule has 0 bridgehead atoms. The molecule has 4 heteroatoms. The van der Waals surface area contributed by atoms with E-state index in [1.807, 2.05) is 30.3 Å². The summed E-state index contributed by atoms with van der Waals surface area (Å²) in [6.07, 6.45) is 4.99. The third kappa shape index (κ3) is 3.31. The monoisotopic (exact) mass is 344 g/mol. The maximum Gasteiger partial charge on any atom is 0.328 e. The number of carboxylic acids is 1. The third-order valence-electron chi connectivity index (χ3n) is 4.82. The van der Waals surface area contributed by atoms with E-state index in [0.29, 0.717) is 0 Å². The van der Waals surface area contributed by atoms with Crippen molar-refractivity contribution in [1.82, 2.24) is 4.98 Å². The molecule has 0 fully saturated rings. The first-order valence-electron chi connectivity index (χ1n) is 8.83. The van der Waals surface area contributed by atoms with E-state index < -0.39 is 5.97 Å². The summed E-state index contributed by atoms with van der Waals surface area (Å²) >= 11 is 0. The van der Waals surface area contributed by atoms with Crippen molar-refractivity contribution in [3.05, 3.63) is 77.4 Å². The Morgan fingerprint density at radius 3 is 2.69 bits per heavy atom. The molecule has 4 rings (SSSR count). The van der Waals surface area contributed by atoms with Gasteiger partial charge >= 0.3 is 5.97 Å². The van der Waals surface area contributed by atoms with Crippen molar-refractivity contribution in [3.63, 3.8) is 0 Å². The van der Waals surface area contributed by atoms with Crippen LogP contribution in [0.15, 0.2) is 60.7 Å². The number of para-hydroxylation sites is 1. The molecule has 0 aliphatic carbocycles. The molecule has 0 unspecified atom stereocenters. The predicted octanol–water partition coefficient (Wildman–Crippen LogP) is 4.29.